The molecule has 0 unspecified atom stereocenters. The molecule has 0 radical (unpaired) electrons. The molecule has 0 saturated carbocycles. The first kappa shape index (κ1) is 14.0. The van der Waals surface area contributed by atoms with Crippen molar-refractivity contribution in [1.82, 2.24) is 15.4 Å². The lowest BCUT2D eigenvalue weighted by atomic mass is 10.2. The van der Waals surface area contributed by atoms with Crippen molar-refractivity contribution in [2.45, 2.75) is 32.4 Å². The first-order valence-electron chi connectivity index (χ1n) is 5.57. The summed E-state index contributed by atoms with van der Waals surface area (Å²) in [5.74, 6) is 0.910. The molecule has 1 aromatic rings. The summed E-state index contributed by atoms with van der Waals surface area (Å²) in [6.07, 6.45) is 2.01. The third kappa shape index (κ3) is 3.44. The van der Waals surface area contributed by atoms with Gasteiger partial charge in [0.1, 0.15) is 11.5 Å². The van der Waals surface area contributed by atoms with Crippen LogP contribution in [0.4, 0.5) is 0 Å². The number of carbonyl (C=O) groups excluding carboxylic acids is 1. The van der Waals surface area contributed by atoms with Gasteiger partial charge in [0.15, 0.2) is 0 Å². The van der Waals surface area contributed by atoms with Crippen molar-refractivity contribution in [3.8, 4) is 0 Å². The SMILES string of the molecule is Cc1cc(CN(C)C(=O)[C@@H]2CCCN2)no1.Cl. The predicted octanol–water partition coefficient (Wildman–Crippen LogP) is 1.12. The summed E-state index contributed by atoms with van der Waals surface area (Å²) in [5.41, 5.74) is 0.798. The number of hydrogen-bond donors (Lipinski definition) is 1. The second-order valence-corrected chi connectivity index (χ2v) is 4.27. The summed E-state index contributed by atoms with van der Waals surface area (Å²) >= 11 is 0. The molecule has 17 heavy (non-hydrogen) atoms. The molecule has 0 aromatic carbocycles. The van der Waals surface area contributed by atoms with Crippen LogP contribution in [-0.4, -0.2) is 35.6 Å². The van der Waals surface area contributed by atoms with Crippen LogP contribution in [0, 0.1) is 6.92 Å². The van der Waals surface area contributed by atoms with Gasteiger partial charge in [-0.2, -0.15) is 0 Å². The van der Waals surface area contributed by atoms with Crippen LogP contribution in [0.25, 0.3) is 0 Å². The molecule has 1 aromatic heterocycles. The molecule has 6 heteroatoms. The molecule has 96 valence electrons. The number of aromatic nitrogens is 1. The number of carbonyl (C=O) groups is 1. The molecule has 1 fully saturated rings. The Labute approximate surface area is 107 Å². The normalized spacial score (nSPS) is 18.8. The lowest BCUT2D eigenvalue weighted by molar-refractivity contribution is -0.132. The minimum atomic E-state index is -0.0157. The first-order valence-corrected chi connectivity index (χ1v) is 5.57. The Balaban J connectivity index is 0.00000144. The summed E-state index contributed by atoms with van der Waals surface area (Å²) in [6, 6.07) is 1.84. The van der Waals surface area contributed by atoms with Crippen LogP contribution in [-0.2, 0) is 11.3 Å². The molecule has 1 N–H and O–H groups in total. The second-order valence-electron chi connectivity index (χ2n) is 4.27. The summed E-state index contributed by atoms with van der Waals surface area (Å²) in [5, 5.41) is 7.07. The maximum atomic E-state index is 12.0. The summed E-state index contributed by atoms with van der Waals surface area (Å²) in [6.45, 7) is 3.29. The van der Waals surface area contributed by atoms with Gasteiger partial charge in [0.2, 0.25) is 5.91 Å². The Morgan fingerprint density at radius 1 is 1.71 bits per heavy atom. The van der Waals surface area contributed by atoms with Crippen molar-refractivity contribution in [3.63, 3.8) is 0 Å². The van der Waals surface area contributed by atoms with Crippen LogP contribution >= 0.6 is 12.4 Å². The lowest BCUT2D eigenvalue weighted by Crippen LogP contribution is -2.41. The second kappa shape index (κ2) is 6.02. The van der Waals surface area contributed by atoms with Gasteiger partial charge < -0.3 is 14.7 Å². The van der Waals surface area contributed by atoms with Crippen molar-refractivity contribution < 1.29 is 9.32 Å². The van der Waals surface area contributed by atoms with Gasteiger partial charge in [0.25, 0.3) is 0 Å². The Kier molecular flexibility index (Phi) is 4.96. The number of aryl methyl sites for hydroxylation is 1. The van der Waals surface area contributed by atoms with Gasteiger partial charge in [-0.05, 0) is 26.3 Å². The number of amides is 1. The quantitative estimate of drug-likeness (QED) is 0.884. The van der Waals surface area contributed by atoms with E-state index in [1.807, 2.05) is 13.0 Å². The van der Waals surface area contributed by atoms with E-state index in [4.69, 9.17) is 4.52 Å². The molecular formula is C11H18ClN3O2. The molecule has 5 nitrogen and oxygen atoms in total. The highest BCUT2D eigenvalue weighted by Crippen LogP contribution is 2.10. The van der Waals surface area contributed by atoms with Crippen molar-refractivity contribution >= 4 is 18.3 Å². The molecule has 1 atom stereocenters. The highest BCUT2D eigenvalue weighted by Gasteiger charge is 2.25. The smallest absolute Gasteiger partial charge is 0.239 e. The van der Waals surface area contributed by atoms with E-state index in [2.05, 4.69) is 10.5 Å². The van der Waals surface area contributed by atoms with E-state index in [1.165, 1.54) is 0 Å². The summed E-state index contributed by atoms with van der Waals surface area (Å²) in [7, 11) is 1.80. The highest BCUT2D eigenvalue weighted by atomic mass is 35.5. The predicted molar refractivity (Wildman–Crippen MR) is 66.0 cm³/mol. The van der Waals surface area contributed by atoms with Crippen LogP contribution in [0.2, 0.25) is 0 Å². The lowest BCUT2D eigenvalue weighted by Gasteiger charge is -2.19. The third-order valence-corrected chi connectivity index (χ3v) is 2.81. The van der Waals surface area contributed by atoms with Crippen molar-refractivity contribution in [1.29, 1.82) is 0 Å². The van der Waals surface area contributed by atoms with Gasteiger partial charge in [0, 0.05) is 13.1 Å². The van der Waals surface area contributed by atoms with Crippen LogP contribution in [0.5, 0.6) is 0 Å². The molecule has 1 saturated heterocycles. The Morgan fingerprint density at radius 3 is 3.00 bits per heavy atom. The zero-order valence-corrected chi connectivity index (χ0v) is 10.9. The molecule has 1 amide bonds. The molecule has 0 spiro atoms. The van der Waals surface area contributed by atoms with Gasteiger partial charge in [-0.15, -0.1) is 12.4 Å². The van der Waals surface area contributed by atoms with Crippen molar-refractivity contribution in [2.75, 3.05) is 13.6 Å². The topological polar surface area (TPSA) is 58.4 Å². The minimum Gasteiger partial charge on any atom is -0.361 e. The Morgan fingerprint density at radius 2 is 2.47 bits per heavy atom. The maximum Gasteiger partial charge on any atom is 0.239 e. The van der Waals surface area contributed by atoms with E-state index in [0.717, 1.165) is 30.8 Å². The molecule has 0 aliphatic carbocycles. The number of nitrogens with zero attached hydrogens (tertiary/aromatic N) is 2. The van der Waals surface area contributed by atoms with E-state index >= 15 is 0 Å². The van der Waals surface area contributed by atoms with Gasteiger partial charge in [0.05, 0.1) is 12.6 Å². The van der Waals surface area contributed by atoms with Crippen molar-refractivity contribution in [3.05, 3.63) is 17.5 Å². The monoisotopic (exact) mass is 259 g/mol. The molecule has 0 bridgehead atoms. The number of rotatable bonds is 3. The first-order chi connectivity index (χ1) is 7.66. The zero-order chi connectivity index (χ0) is 11.5. The number of likely N-dealkylation sites (N-methyl/N-ethyl adjacent to an activating group) is 1. The van der Waals surface area contributed by atoms with Crippen LogP contribution in [0.3, 0.4) is 0 Å². The van der Waals surface area contributed by atoms with Crippen molar-refractivity contribution in [2.24, 2.45) is 0 Å². The average molecular weight is 260 g/mol. The molecule has 2 heterocycles. The fourth-order valence-electron chi connectivity index (χ4n) is 1.97. The maximum absolute atomic E-state index is 12.0. The van der Waals surface area contributed by atoms with E-state index in [0.29, 0.717) is 6.54 Å². The van der Waals surface area contributed by atoms with Gasteiger partial charge in [-0.3, -0.25) is 4.79 Å². The fraction of sp³-hybridized carbons (Fsp3) is 0.636. The number of hydrogen-bond acceptors (Lipinski definition) is 4. The summed E-state index contributed by atoms with van der Waals surface area (Å²) < 4.78 is 4.97. The Hall–Kier alpha value is -1.07. The van der Waals surface area contributed by atoms with Gasteiger partial charge in [-0.25, -0.2) is 0 Å². The van der Waals surface area contributed by atoms with E-state index in [1.54, 1.807) is 11.9 Å². The number of halogens is 1. The van der Waals surface area contributed by atoms with E-state index in [9.17, 15) is 4.79 Å². The summed E-state index contributed by atoms with van der Waals surface area (Å²) in [4.78, 5) is 13.7. The minimum absolute atomic E-state index is 0. The molecule has 1 aliphatic rings. The van der Waals surface area contributed by atoms with E-state index < -0.39 is 0 Å². The van der Waals surface area contributed by atoms with Crippen LogP contribution < -0.4 is 5.32 Å². The largest absolute Gasteiger partial charge is 0.361 e. The van der Waals surface area contributed by atoms with Gasteiger partial charge >= 0.3 is 0 Å². The van der Waals surface area contributed by atoms with Crippen LogP contribution in [0.15, 0.2) is 10.6 Å². The van der Waals surface area contributed by atoms with Crippen LogP contribution in [0.1, 0.15) is 24.3 Å². The molecular weight excluding hydrogens is 242 g/mol. The molecule has 2 rings (SSSR count). The third-order valence-electron chi connectivity index (χ3n) is 2.81. The highest BCUT2D eigenvalue weighted by molar-refractivity contribution is 5.85. The average Bonchev–Trinajstić information content (AvgIpc) is 2.88. The molecule has 1 aliphatic heterocycles. The Bertz CT molecular complexity index is 375. The zero-order valence-electron chi connectivity index (χ0n) is 10.1. The van der Waals surface area contributed by atoms with E-state index in [-0.39, 0.29) is 24.4 Å². The fourth-order valence-corrected chi connectivity index (χ4v) is 1.97. The number of nitrogens with one attached hydrogen (secondary N) is 1. The van der Waals surface area contributed by atoms with Gasteiger partial charge in [-0.1, -0.05) is 5.16 Å². The standard InChI is InChI=1S/C11H17N3O2.ClH/c1-8-6-9(13-16-8)7-14(2)11(15)10-4-3-5-12-10;/h6,10,12H,3-5,7H2,1-2H3;1H/t10-;/m0./s1.